The van der Waals surface area contributed by atoms with Crippen molar-refractivity contribution in [3.8, 4) is 5.75 Å². The van der Waals surface area contributed by atoms with Gasteiger partial charge in [-0.25, -0.2) is 0 Å². The number of nitrogens with two attached hydrogens (primary N) is 1. The minimum atomic E-state index is 0.133. The third kappa shape index (κ3) is 3.54. The van der Waals surface area contributed by atoms with Crippen LogP contribution < -0.4 is 5.73 Å². The Kier molecular flexibility index (Phi) is 4.96. The van der Waals surface area contributed by atoms with E-state index < -0.39 is 0 Å². The third-order valence-electron chi connectivity index (χ3n) is 3.90. The molecule has 1 aliphatic heterocycles. The first kappa shape index (κ1) is 14.9. The topological polar surface area (TPSA) is 49.5 Å². The summed E-state index contributed by atoms with van der Waals surface area (Å²) in [6.45, 7) is 4.74. The largest absolute Gasteiger partial charge is 0.506 e. The van der Waals surface area contributed by atoms with Crippen molar-refractivity contribution >= 4 is 23.2 Å². The van der Waals surface area contributed by atoms with Crippen LogP contribution in [0.5, 0.6) is 5.75 Å². The van der Waals surface area contributed by atoms with Crippen LogP contribution in [-0.2, 0) is 6.54 Å². The normalized spacial score (nSPS) is 24.6. The van der Waals surface area contributed by atoms with E-state index in [1.807, 2.05) is 0 Å². The number of nitrogens with zero attached hydrogens (tertiary/aromatic N) is 1. The molecular weight excluding hydrogens is 283 g/mol. The minimum Gasteiger partial charge on any atom is -0.506 e. The van der Waals surface area contributed by atoms with Gasteiger partial charge in [-0.15, -0.1) is 0 Å². The highest BCUT2D eigenvalue weighted by Gasteiger charge is 2.25. The Morgan fingerprint density at radius 2 is 2.16 bits per heavy atom. The van der Waals surface area contributed by atoms with Crippen LogP contribution in [0.15, 0.2) is 12.1 Å². The number of phenols is 1. The Morgan fingerprint density at radius 1 is 1.42 bits per heavy atom. The van der Waals surface area contributed by atoms with E-state index in [0.29, 0.717) is 22.5 Å². The highest BCUT2D eigenvalue weighted by molar-refractivity contribution is 6.35. The molecular formula is C14H20Cl2N2O. The smallest absolute Gasteiger partial charge is 0.138 e. The molecule has 3 nitrogen and oxygen atoms in total. The van der Waals surface area contributed by atoms with Gasteiger partial charge >= 0.3 is 0 Å². The number of hydrogen-bond acceptors (Lipinski definition) is 3. The van der Waals surface area contributed by atoms with Crippen LogP contribution in [0.4, 0.5) is 0 Å². The predicted octanol–water partition coefficient (Wildman–Crippen LogP) is 3.26. The summed E-state index contributed by atoms with van der Waals surface area (Å²) < 4.78 is 0. The van der Waals surface area contributed by atoms with Gasteiger partial charge in [0.15, 0.2) is 0 Å². The summed E-state index contributed by atoms with van der Waals surface area (Å²) in [7, 11) is 0. The Bertz CT molecular complexity index is 453. The van der Waals surface area contributed by atoms with Crippen molar-refractivity contribution in [2.24, 2.45) is 11.7 Å². The van der Waals surface area contributed by atoms with Crippen molar-refractivity contribution in [3.63, 3.8) is 0 Å². The number of benzene rings is 1. The number of rotatable bonds is 3. The molecule has 0 aliphatic carbocycles. The molecule has 1 aromatic carbocycles. The number of halogens is 2. The van der Waals surface area contributed by atoms with Crippen LogP contribution >= 0.6 is 23.2 Å². The van der Waals surface area contributed by atoms with Gasteiger partial charge in [-0.2, -0.15) is 0 Å². The Labute approximate surface area is 124 Å². The molecule has 0 saturated carbocycles. The quantitative estimate of drug-likeness (QED) is 0.901. The number of hydrogen-bond donors (Lipinski definition) is 2. The van der Waals surface area contributed by atoms with Crippen LogP contribution in [0.3, 0.4) is 0 Å². The molecule has 2 unspecified atom stereocenters. The Balaban J connectivity index is 2.09. The molecule has 0 amide bonds. The maximum absolute atomic E-state index is 9.99. The lowest BCUT2D eigenvalue weighted by atomic mass is 9.90. The van der Waals surface area contributed by atoms with Gasteiger partial charge in [0.05, 0.1) is 5.02 Å². The van der Waals surface area contributed by atoms with E-state index in [0.717, 1.165) is 31.5 Å². The maximum atomic E-state index is 9.99. The zero-order valence-corrected chi connectivity index (χ0v) is 12.6. The molecule has 1 fully saturated rings. The third-order valence-corrected chi connectivity index (χ3v) is 4.41. The first-order valence-corrected chi connectivity index (χ1v) is 7.41. The van der Waals surface area contributed by atoms with E-state index in [-0.39, 0.29) is 11.8 Å². The van der Waals surface area contributed by atoms with Crippen molar-refractivity contribution in [1.29, 1.82) is 0 Å². The second-order valence-corrected chi connectivity index (χ2v) is 6.09. The number of likely N-dealkylation sites (tertiary alicyclic amines) is 1. The molecule has 0 radical (unpaired) electrons. The molecule has 106 valence electrons. The lowest BCUT2D eigenvalue weighted by molar-refractivity contribution is 0.144. The van der Waals surface area contributed by atoms with Crippen molar-refractivity contribution in [3.05, 3.63) is 27.7 Å². The van der Waals surface area contributed by atoms with Gasteiger partial charge in [0, 0.05) is 29.7 Å². The van der Waals surface area contributed by atoms with E-state index in [2.05, 4.69) is 11.8 Å². The summed E-state index contributed by atoms with van der Waals surface area (Å²) in [5.74, 6) is 0.652. The van der Waals surface area contributed by atoms with Crippen LogP contribution in [0.1, 0.15) is 25.3 Å². The lowest BCUT2D eigenvalue weighted by Crippen LogP contribution is -2.46. The van der Waals surface area contributed by atoms with E-state index in [1.54, 1.807) is 12.1 Å². The Morgan fingerprint density at radius 3 is 2.84 bits per heavy atom. The van der Waals surface area contributed by atoms with E-state index in [4.69, 9.17) is 28.9 Å². The highest BCUT2D eigenvalue weighted by atomic mass is 35.5. The van der Waals surface area contributed by atoms with Crippen LogP contribution in [0.25, 0.3) is 0 Å². The zero-order valence-electron chi connectivity index (χ0n) is 11.1. The minimum absolute atomic E-state index is 0.133. The fourth-order valence-corrected chi connectivity index (χ4v) is 3.22. The molecule has 2 atom stereocenters. The van der Waals surface area contributed by atoms with Crippen molar-refractivity contribution in [2.45, 2.75) is 32.4 Å². The number of piperidine rings is 1. The van der Waals surface area contributed by atoms with Crippen LogP contribution in [0, 0.1) is 5.92 Å². The van der Waals surface area contributed by atoms with E-state index >= 15 is 0 Å². The molecule has 0 aromatic heterocycles. The van der Waals surface area contributed by atoms with Crippen molar-refractivity contribution in [2.75, 3.05) is 13.1 Å². The first-order chi connectivity index (χ1) is 9.01. The van der Waals surface area contributed by atoms with Gasteiger partial charge in [0.25, 0.3) is 0 Å². The predicted molar refractivity (Wildman–Crippen MR) is 79.8 cm³/mol. The van der Waals surface area contributed by atoms with Gasteiger partial charge in [-0.3, -0.25) is 4.90 Å². The first-order valence-electron chi connectivity index (χ1n) is 6.66. The van der Waals surface area contributed by atoms with E-state index in [9.17, 15) is 5.11 Å². The zero-order chi connectivity index (χ0) is 14.0. The SMILES string of the molecule is CCC1CN(Cc2cc(Cl)cc(Cl)c2O)CCC1N. The van der Waals surface area contributed by atoms with Gasteiger partial charge in [-0.1, -0.05) is 36.5 Å². The average Bonchev–Trinajstić information content (AvgIpc) is 2.37. The summed E-state index contributed by atoms with van der Waals surface area (Å²) in [6, 6.07) is 3.62. The lowest BCUT2D eigenvalue weighted by Gasteiger charge is -2.36. The standard InChI is InChI=1S/C14H20Cl2N2O/c1-2-9-7-18(4-3-13(9)17)8-10-5-11(15)6-12(16)14(10)19/h5-6,9,13,19H,2-4,7-8,17H2,1H3. The van der Waals surface area contributed by atoms with Crippen LogP contribution in [-0.4, -0.2) is 29.1 Å². The van der Waals surface area contributed by atoms with Gasteiger partial charge in [0.1, 0.15) is 5.75 Å². The number of aromatic hydroxyl groups is 1. The maximum Gasteiger partial charge on any atom is 0.138 e. The van der Waals surface area contributed by atoms with Crippen molar-refractivity contribution in [1.82, 2.24) is 4.90 Å². The Hall–Kier alpha value is -0.480. The summed E-state index contributed by atoms with van der Waals surface area (Å²) in [6.07, 6.45) is 2.08. The van der Waals surface area contributed by atoms with Crippen LogP contribution in [0.2, 0.25) is 10.0 Å². The summed E-state index contributed by atoms with van der Waals surface area (Å²) in [5.41, 5.74) is 6.89. The molecule has 0 bridgehead atoms. The molecule has 1 saturated heterocycles. The fourth-order valence-electron chi connectivity index (χ4n) is 2.68. The molecule has 5 heteroatoms. The summed E-state index contributed by atoms with van der Waals surface area (Å²) >= 11 is 11.9. The van der Waals surface area contributed by atoms with E-state index in [1.165, 1.54) is 0 Å². The van der Waals surface area contributed by atoms with Crippen molar-refractivity contribution < 1.29 is 5.11 Å². The molecule has 0 spiro atoms. The molecule has 1 heterocycles. The van der Waals surface area contributed by atoms with Gasteiger partial charge < -0.3 is 10.8 Å². The number of phenolic OH excluding ortho intramolecular Hbond substituents is 1. The summed E-state index contributed by atoms with van der Waals surface area (Å²) in [5, 5.41) is 10.8. The molecule has 3 N–H and O–H groups in total. The fraction of sp³-hybridized carbons (Fsp3) is 0.571. The van der Waals surface area contributed by atoms with Gasteiger partial charge in [-0.05, 0) is 31.0 Å². The molecule has 2 rings (SSSR count). The second kappa shape index (κ2) is 6.31. The summed E-state index contributed by atoms with van der Waals surface area (Å²) in [4.78, 5) is 2.30. The molecule has 1 aliphatic rings. The highest BCUT2D eigenvalue weighted by Crippen LogP contribution is 2.32. The molecule has 19 heavy (non-hydrogen) atoms. The monoisotopic (exact) mass is 302 g/mol. The van der Waals surface area contributed by atoms with Gasteiger partial charge in [0.2, 0.25) is 0 Å². The molecule has 1 aromatic rings. The second-order valence-electron chi connectivity index (χ2n) is 5.25. The average molecular weight is 303 g/mol.